The van der Waals surface area contributed by atoms with Gasteiger partial charge in [-0.25, -0.2) is 4.79 Å². The van der Waals surface area contributed by atoms with Crippen molar-refractivity contribution in [1.82, 2.24) is 0 Å². The van der Waals surface area contributed by atoms with E-state index in [2.05, 4.69) is 6.92 Å². The number of benzene rings is 1. The summed E-state index contributed by atoms with van der Waals surface area (Å²) in [6, 6.07) is 6.69. The average Bonchev–Trinajstić information content (AvgIpc) is 2.41. The van der Waals surface area contributed by atoms with E-state index >= 15 is 0 Å². The van der Waals surface area contributed by atoms with Crippen molar-refractivity contribution in [3.8, 4) is 5.75 Å². The number of carbonyl (C=O) groups excluding carboxylic acids is 1. The van der Waals surface area contributed by atoms with Gasteiger partial charge in [-0.3, -0.25) is 4.79 Å². The minimum absolute atomic E-state index is 0.333. The molecule has 0 aromatic heterocycles. The molecule has 4 nitrogen and oxygen atoms in total. The van der Waals surface area contributed by atoms with Crippen LogP contribution in [-0.4, -0.2) is 23.5 Å². The van der Waals surface area contributed by atoms with Crippen molar-refractivity contribution in [2.45, 2.75) is 26.2 Å². The van der Waals surface area contributed by atoms with E-state index < -0.39 is 5.97 Å². The first kappa shape index (κ1) is 15.0. The van der Waals surface area contributed by atoms with E-state index in [9.17, 15) is 9.59 Å². The van der Waals surface area contributed by atoms with Crippen LogP contribution < -0.4 is 4.74 Å². The van der Waals surface area contributed by atoms with E-state index in [1.807, 2.05) is 0 Å². The van der Waals surface area contributed by atoms with Crippen molar-refractivity contribution < 1.29 is 19.4 Å². The molecule has 0 aliphatic rings. The highest BCUT2D eigenvalue weighted by atomic mass is 16.5. The van der Waals surface area contributed by atoms with Crippen LogP contribution in [0.5, 0.6) is 5.75 Å². The van der Waals surface area contributed by atoms with Gasteiger partial charge in [0.2, 0.25) is 0 Å². The second-order valence-corrected chi connectivity index (χ2v) is 4.12. The number of carbonyl (C=O) groups is 2. The Morgan fingerprint density at radius 3 is 2.42 bits per heavy atom. The van der Waals surface area contributed by atoms with Crippen LogP contribution in [0.1, 0.15) is 36.5 Å². The summed E-state index contributed by atoms with van der Waals surface area (Å²) < 4.78 is 5.52. The Hall–Kier alpha value is -2.10. The SMILES string of the molecule is CCCCCOc1ccc(C(=O)C=CC(=O)O)cc1. The standard InChI is InChI=1S/C15H18O4/c1-2-3-4-11-19-13-7-5-12(6-8-13)14(16)9-10-15(17)18/h5-10H,2-4,11H2,1H3,(H,17,18). The Kier molecular flexibility index (Phi) is 6.36. The van der Waals surface area contributed by atoms with E-state index in [1.54, 1.807) is 24.3 Å². The number of hydrogen-bond donors (Lipinski definition) is 1. The summed E-state index contributed by atoms with van der Waals surface area (Å²) >= 11 is 0. The van der Waals surface area contributed by atoms with Gasteiger partial charge >= 0.3 is 5.97 Å². The number of carboxylic acids is 1. The van der Waals surface area contributed by atoms with E-state index in [-0.39, 0.29) is 5.78 Å². The lowest BCUT2D eigenvalue weighted by atomic mass is 10.1. The Labute approximate surface area is 112 Å². The molecule has 0 aliphatic carbocycles. The monoisotopic (exact) mass is 262 g/mol. The van der Waals surface area contributed by atoms with Gasteiger partial charge in [-0.05, 0) is 36.8 Å². The molecule has 0 aliphatic heterocycles. The molecular weight excluding hydrogens is 244 g/mol. The van der Waals surface area contributed by atoms with Crippen LogP contribution in [0.2, 0.25) is 0 Å². The van der Waals surface area contributed by atoms with E-state index in [0.717, 1.165) is 37.2 Å². The third-order valence-electron chi connectivity index (χ3n) is 2.53. The fraction of sp³-hybridized carbons (Fsp3) is 0.333. The maximum absolute atomic E-state index is 11.6. The first-order valence-corrected chi connectivity index (χ1v) is 6.31. The van der Waals surface area contributed by atoms with Crippen molar-refractivity contribution in [3.63, 3.8) is 0 Å². The molecule has 1 N–H and O–H groups in total. The fourth-order valence-electron chi connectivity index (χ4n) is 1.50. The van der Waals surface area contributed by atoms with Gasteiger partial charge < -0.3 is 9.84 Å². The maximum Gasteiger partial charge on any atom is 0.328 e. The molecule has 0 amide bonds. The first-order valence-electron chi connectivity index (χ1n) is 6.31. The largest absolute Gasteiger partial charge is 0.494 e. The second-order valence-electron chi connectivity index (χ2n) is 4.12. The topological polar surface area (TPSA) is 63.6 Å². The first-order chi connectivity index (χ1) is 9.13. The molecule has 0 radical (unpaired) electrons. The normalized spacial score (nSPS) is 10.6. The zero-order valence-electron chi connectivity index (χ0n) is 11.0. The van der Waals surface area contributed by atoms with Gasteiger partial charge in [0.1, 0.15) is 5.75 Å². The second kappa shape index (κ2) is 8.08. The zero-order valence-corrected chi connectivity index (χ0v) is 11.0. The quantitative estimate of drug-likeness (QED) is 0.444. The number of rotatable bonds is 8. The number of ether oxygens (including phenoxy) is 1. The molecular formula is C15H18O4. The Bertz CT molecular complexity index is 446. The number of unbranched alkanes of at least 4 members (excludes halogenated alkanes) is 2. The summed E-state index contributed by atoms with van der Waals surface area (Å²) in [5, 5.41) is 8.44. The van der Waals surface area contributed by atoms with Crippen LogP contribution in [0.3, 0.4) is 0 Å². The molecule has 0 bridgehead atoms. The molecule has 0 atom stereocenters. The summed E-state index contributed by atoms with van der Waals surface area (Å²) in [6.07, 6.45) is 5.17. The summed E-state index contributed by atoms with van der Waals surface area (Å²) in [5.74, 6) is -0.751. The molecule has 1 aromatic carbocycles. The van der Waals surface area contributed by atoms with Crippen molar-refractivity contribution in [2.24, 2.45) is 0 Å². The Balaban J connectivity index is 2.51. The minimum Gasteiger partial charge on any atom is -0.494 e. The van der Waals surface area contributed by atoms with Crippen molar-refractivity contribution in [3.05, 3.63) is 42.0 Å². The van der Waals surface area contributed by atoms with Gasteiger partial charge in [0.05, 0.1) is 6.61 Å². The highest BCUT2D eigenvalue weighted by Gasteiger charge is 2.02. The van der Waals surface area contributed by atoms with Gasteiger partial charge in [0.25, 0.3) is 0 Å². The van der Waals surface area contributed by atoms with Crippen LogP contribution in [0.15, 0.2) is 36.4 Å². The van der Waals surface area contributed by atoms with Gasteiger partial charge in [-0.15, -0.1) is 0 Å². The predicted molar refractivity (Wildman–Crippen MR) is 72.6 cm³/mol. The fourth-order valence-corrected chi connectivity index (χ4v) is 1.50. The average molecular weight is 262 g/mol. The van der Waals surface area contributed by atoms with Gasteiger partial charge in [0, 0.05) is 11.6 Å². The Morgan fingerprint density at radius 1 is 1.16 bits per heavy atom. The molecule has 0 saturated carbocycles. The zero-order chi connectivity index (χ0) is 14.1. The molecule has 1 aromatic rings. The third kappa shape index (κ3) is 5.86. The number of allylic oxidation sites excluding steroid dienone is 1. The highest BCUT2D eigenvalue weighted by Crippen LogP contribution is 2.13. The van der Waals surface area contributed by atoms with E-state index in [1.165, 1.54) is 0 Å². The van der Waals surface area contributed by atoms with E-state index in [0.29, 0.717) is 12.2 Å². The summed E-state index contributed by atoms with van der Waals surface area (Å²) in [6.45, 7) is 2.80. The smallest absolute Gasteiger partial charge is 0.328 e. The lowest BCUT2D eigenvalue weighted by Crippen LogP contribution is -1.99. The van der Waals surface area contributed by atoms with Gasteiger partial charge in [-0.2, -0.15) is 0 Å². The van der Waals surface area contributed by atoms with Crippen LogP contribution in [0, 0.1) is 0 Å². The van der Waals surface area contributed by atoms with Crippen LogP contribution in [0.4, 0.5) is 0 Å². The van der Waals surface area contributed by atoms with Crippen LogP contribution in [0.25, 0.3) is 0 Å². The van der Waals surface area contributed by atoms with Gasteiger partial charge in [0.15, 0.2) is 5.78 Å². The Morgan fingerprint density at radius 2 is 1.84 bits per heavy atom. The maximum atomic E-state index is 11.6. The third-order valence-corrected chi connectivity index (χ3v) is 2.53. The molecule has 19 heavy (non-hydrogen) atoms. The highest BCUT2D eigenvalue weighted by molar-refractivity contribution is 6.06. The van der Waals surface area contributed by atoms with Crippen LogP contribution >= 0.6 is 0 Å². The summed E-state index contributed by atoms with van der Waals surface area (Å²) in [4.78, 5) is 21.9. The summed E-state index contributed by atoms with van der Waals surface area (Å²) in [7, 11) is 0. The minimum atomic E-state index is -1.13. The predicted octanol–water partition coefficient (Wildman–Crippen LogP) is 3.08. The molecule has 1 rings (SSSR count). The summed E-state index contributed by atoms with van der Waals surface area (Å²) in [5.41, 5.74) is 0.443. The van der Waals surface area contributed by atoms with Crippen molar-refractivity contribution in [2.75, 3.05) is 6.61 Å². The molecule has 0 fully saturated rings. The van der Waals surface area contributed by atoms with Crippen molar-refractivity contribution >= 4 is 11.8 Å². The number of hydrogen-bond acceptors (Lipinski definition) is 3. The molecule has 0 saturated heterocycles. The molecule has 102 valence electrons. The molecule has 0 spiro atoms. The molecule has 0 unspecified atom stereocenters. The number of aliphatic carboxylic acids is 1. The number of carboxylic acid groups (broad SMARTS) is 1. The molecule has 0 heterocycles. The van der Waals surface area contributed by atoms with Gasteiger partial charge in [-0.1, -0.05) is 19.8 Å². The lowest BCUT2D eigenvalue weighted by molar-refractivity contribution is -0.131. The molecule has 4 heteroatoms. The number of ketones is 1. The lowest BCUT2D eigenvalue weighted by Gasteiger charge is -2.05. The van der Waals surface area contributed by atoms with Crippen molar-refractivity contribution in [1.29, 1.82) is 0 Å². The van der Waals surface area contributed by atoms with Crippen LogP contribution in [-0.2, 0) is 4.79 Å². The van der Waals surface area contributed by atoms with E-state index in [4.69, 9.17) is 9.84 Å².